The van der Waals surface area contributed by atoms with Crippen molar-refractivity contribution < 1.29 is 17.9 Å². The predicted molar refractivity (Wildman–Crippen MR) is 94.0 cm³/mol. The summed E-state index contributed by atoms with van der Waals surface area (Å²) in [4.78, 5) is 13.3. The summed E-state index contributed by atoms with van der Waals surface area (Å²) in [6.07, 6.45) is 0. The molecule has 0 bridgehead atoms. The van der Waals surface area contributed by atoms with Gasteiger partial charge < -0.3 is 10.5 Å². The van der Waals surface area contributed by atoms with Crippen molar-refractivity contribution in [1.82, 2.24) is 4.72 Å². The molecule has 1 aromatic heterocycles. The van der Waals surface area contributed by atoms with Crippen LogP contribution in [0.25, 0.3) is 0 Å². The second-order valence-electron chi connectivity index (χ2n) is 5.47. The van der Waals surface area contributed by atoms with Crippen molar-refractivity contribution in [2.45, 2.75) is 31.7 Å². The highest BCUT2D eigenvalue weighted by Gasteiger charge is 2.22. The first-order valence-corrected chi connectivity index (χ1v) is 9.61. The van der Waals surface area contributed by atoms with E-state index in [-0.39, 0.29) is 17.1 Å². The Morgan fingerprint density at radius 3 is 2.58 bits per heavy atom. The number of rotatable bonds is 7. The van der Waals surface area contributed by atoms with Crippen molar-refractivity contribution in [1.29, 1.82) is 0 Å². The molecular weight excluding hydrogens is 348 g/mol. The number of nitrogens with one attached hydrogen (secondary N) is 1. The van der Waals surface area contributed by atoms with Gasteiger partial charge in [0, 0.05) is 9.75 Å². The molecule has 6 nitrogen and oxygen atoms in total. The zero-order chi connectivity index (χ0) is 17.9. The van der Waals surface area contributed by atoms with Gasteiger partial charge in [-0.15, -0.1) is 11.3 Å². The van der Waals surface area contributed by atoms with Gasteiger partial charge in [-0.2, -0.15) is 0 Å². The molecule has 1 atom stereocenters. The van der Waals surface area contributed by atoms with Crippen molar-refractivity contribution in [3.63, 3.8) is 0 Å². The van der Waals surface area contributed by atoms with Gasteiger partial charge in [0.15, 0.2) is 0 Å². The fourth-order valence-corrected chi connectivity index (χ4v) is 5.03. The summed E-state index contributed by atoms with van der Waals surface area (Å²) in [5, 5.41) is 0. The predicted octanol–water partition coefficient (Wildman–Crippen LogP) is 2.21. The molecule has 0 spiro atoms. The number of primary amides is 1. The summed E-state index contributed by atoms with van der Waals surface area (Å²) in [7, 11) is -3.61. The first kappa shape index (κ1) is 18.4. The number of thiophene rings is 1. The van der Waals surface area contributed by atoms with Crippen LogP contribution in [0.1, 0.15) is 27.0 Å². The van der Waals surface area contributed by atoms with E-state index in [2.05, 4.69) is 4.72 Å². The van der Waals surface area contributed by atoms with Crippen molar-refractivity contribution in [3.05, 3.63) is 45.6 Å². The van der Waals surface area contributed by atoms with E-state index in [0.717, 1.165) is 9.75 Å². The monoisotopic (exact) mass is 368 g/mol. The third-order valence-electron chi connectivity index (χ3n) is 3.28. The molecule has 8 heteroatoms. The molecule has 0 radical (unpaired) electrons. The van der Waals surface area contributed by atoms with Crippen LogP contribution in [0.4, 0.5) is 0 Å². The van der Waals surface area contributed by atoms with E-state index < -0.39 is 22.0 Å². The number of benzene rings is 1. The van der Waals surface area contributed by atoms with Crippen LogP contribution in [0.5, 0.6) is 5.75 Å². The number of ether oxygens (including phenoxy) is 1. The van der Waals surface area contributed by atoms with Crippen molar-refractivity contribution in [2.24, 2.45) is 5.73 Å². The fourth-order valence-electron chi connectivity index (χ4n) is 2.25. The minimum absolute atomic E-state index is 0.0751. The summed E-state index contributed by atoms with van der Waals surface area (Å²) in [5.41, 5.74) is 5.55. The van der Waals surface area contributed by atoms with Gasteiger partial charge in [0.05, 0.1) is 16.5 Å². The van der Waals surface area contributed by atoms with Crippen LogP contribution in [0, 0.1) is 13.8 Å². The molecule has 0 aliphatic rings. The number of sulfonamides is 1. The van der Waals surface area contributed by atoms with E-state index in [1.807, 2.05) is 6.92 Å². The van der Waals surface area contributed by atoms with Gasteiger partial charge in [-0.3, -0.25) is 4.79 Å². The van der Waals surface area contributed by atoms with Gasteiger partial charge in [-0.05, 0) is 39.0 Å². The van der Waals surface area contributed by atoms with Crippen molar-refractivity contribution in [3.8, 4) is 5.75 Å². The molecule has 2 aromatic rings. The van der Waals surface area contributed by atoms with E-state index in [0.29, 0.717) is 5.75 Å². The standard InChI is InChI=1S/C16H20N2O4S2/c1-10(9-22-14-7-5-4-6-13(14)16(17)19)18-24(20,21)15-8-11(2)23-12(15)3/h4-8,10,18H,9H2,1-3H3,(H2,17,19)/t10-/m0/s1. The SMILES string of the molecule is Cc1cc(S(=O)(=O)N[C@@H](C)COc2ccccc2C(N)=O)c(C)s1. The number of nitrogens with two attached hydrogens (primary N) is 1. The quantitative estimate of drug-likeness (QED) is 0.783. The van der Waals surface area contributed by atoms with Gasteiger partial charge in [0.1, 0.15) is 12.4 Å². The maximum absolute atomic E-state index is 12.4. The lowest BCUT2D eigenvalue weighted by Crippen LogP contribution is -2.37. The maximum atomic E-state index is 12.4. The normalized spacial score (nSPS) is 12.8. The molecule has 0 aliphatic carbocycles. The zero-order valence-electron chi connectivity index (χ0n) is 13.7. The Bertz CT molecular complexity index is 844. The Balaban J connectivity index is 2.05. The van der Waals surface area contributed by atoms with Crippen LogP contribution in [0.15, 0.2) is 35.2 Å². The molecule has 1 heterocycles. The topological polar surface area (TPSA) is 98.5 Å². The van der Waals surface area contributed by atoms with Crippen LogP contribution >= 0.6 is 11.3 Å². The van der Waals surface area contributed by atoms with E-state index in [9.17, 15) is 13.2 Å². The highest BCUT2D eigenvalue weighted by atomic mass is 32.2. The summed E-state index contributed by atoms with van der Waals surface area (Å²) in [6.45, 7) is 5.41. The first-order chi connectivity index (χ1) is 11.2. The van der Waals surface area contributed by atoms with E-state index in [1.165, 1.54) is 11.3 Å². The average Bonchev–Trinajstić information content (AvgIpc) is 2.84. The van der Waals surface area contributed by atoms with Gasteiger partial charge in [0.25, 0.3) is 5.91 Å². The Hall–Kier alpha value is -1.90. The molecule has 3 N–H and O–H groups in total. The lowest BCUT2D eigenvalue weighted by molar-refractivity contribution is 0.0996. The summed E-state index contributed by atoms with van der Waals surface area (Å²) >= 11 is 1.44. The molecule has 1 aromatic carbocycles. The molecule has 0 saturated heterocycles. The Labute approximate surface area is 145 Å². The minimum Gasteiger partial charge on any atom is -0.491 e. The van der Waals surface area contributed by atoms with Gasteiger partial charge in [-0.25, -0.2) is 13.1 Å². The second-order valence-corrected chi connectivity index (χ2v) is 8.61. The minimum atomic E-state index is -3.61. The molecule has 0 aliphatic heterocycles. The van der Waals surface area contributed by atoms with E-state index in [4.69, 9.17) is 10.5 Å². The number of amides is 1. The lowest BCUT2D eigenvalue weighted by atomic mass is 10.2. The van der Waals surface area contributed by atoms with Gasteiger partial charge in [0.2, 0.25) is 10.0 Å². The van der Waals surface area contributed by atoms with Crippen LogP contribution in [0.2, 0.25) is 0 Å². The Morgan fingerprint density at radius 2 is 2.00 bits per heavy atom. The third-order valence-corrected chi connectivity index (χ3v) is 6.09. The van der Waals surface area contributed by atoms with Gasteiger partial charge >= 0.3 is 0 Å². The highest BCUT2D eigenvalue weighted by Crippen LogP contribution is 2.25. The third kappa shape index (κ3) is 4.34. The van der Waals surface area contributed by atoms with Crippen molar-refractivity contribution >= 4 is 27.3 Å². The number of carbonyl (C=O) groups is 1. The van der Waals surface area contributed by atoms with Crippen LogP contribution < -0.4 is 15.2 Å². The number of hydrogen-bond acceptors (Lipinski definition) is 5. The summed E-state index contributed by atoms with van der Waals surface area (Å²) < 4.78 is 33.0. The van der Waals surface area contributed by atoms with E-state index >= 15 is 0 Å². The number of carbonyl (C=O) groups excluding carboxylic acids is 1. The van der Waals surface area contributed by atoms with Gasteiger partial charge in [-0.1, -0.05) is 12.1 Å². The first-order valence-electron chi connectivity index (χ1n) is 7.31. The highest BCUT2D eigenvalue weighted by molar-refractivity contribution is 7.89. The lowest BCUT2D eigenvalue weighted by Gasteiger charge is -2.16. The van der Waals surface area contributed by atoms with Crippen LogP contribution in [-0.4, -0.2) is 27.0 Å². The van der Waals surface area contributed by atoms with Crippen LogP contribution in [-0.2, 0) is 10.0 Å². The number of para-hydroxylation sites is 1. The number of hydrogen-bond donors (Lipinski definition) is 2. The molecule has 0 unspecified atom stereocenters. The summed E-state index contributed by atoms with van der Waals surface area (Å²) in [6, 6.07) is 7.75. The van der Waals surface area contributed by atoms with Crippen LogP contribution in [0.3, 0.4) is 0 Å². The molecule has 130 valence electrons. The molecular formula is C16H20N2O4S2. The maximum Gasteiger partial charge on any atom is 0.252 e. The average molecular weight is 368 g/mol. The molecule has 24 heavy (non-hydrogen) atoms. The second kappa shape index (κ2) is 7.33. The Kier molecular flexibility index (Phi) is 5.63. The molecule has 2 rings (SSSR count). The smallest absolute Gasteiger partial charge is 0.252 e. The zero-order valence-corrected chi connectivity index (χ0v) is 15.3. The largest absolute Gasteiger partial charge is 0.491 e. The molecule has 0 fully saturated rings. The molecule has 0 saturated carbocycles. The summed E-state index contributed by atoms with van der Waals surface area (Å²) in [5.74, 6) is -0.262. The van der Waals surface area contributed by atoms with E-state index in [1.54, 1.807) is 44.2 Å². The molecule has 1 amide bonds. The Morgan fingerprint density at radius 1 is 1.33 bits per heavy atom. The van der Waals surface area contributed by atoms with Crippen molar-refractivity contribution in [2.75, 3.05) is 6.61 Å². The fraction of sp³-hybridized carbons (Fsp3) is 0.312. The number of aryl methyl sites for hydroxylation is 2.